The highest BCUT2D eigenvalue weighted by atomic mass is 32.2. The molecule has 0 atom stereocenters. The smallest absolute Gasteiger partial charge is 0.335 e. The van der Waals surface area contributed by atoms with E-state index in [1.165, 1.54) is 0 Å². The van der Waals surface area contributed by atoms with E-state index in [-0.39, 0.29) is 0 Å². The predicted octanol–water partition coefficient (Wildman–Crippen LogP) is 2.72. The van der Waals surface area contributed by atoms with Gasteiger partial charge in [0.15, 0.2) is 0 Å². The molecule has 3 heteroatoms. The quantitative estimate of drug-likeness (QED) is 0.739. The molecule has 0 fully saturated rings. The molecule has 1 N–H and O–H groups in total. The van der Waals surface area contributed by atoms with E-state index in [1.54, 1.807) is 17.8 Å². The summed E-state index contributed by atoms with van der Waals surface area (Å²) in [6, 6.07) is 3.65. The molecule has 2 nitrogen and oxygen atoms in total. The van der Waals surface area contributed by atoms with Gasteiger partial charge in [-0.2, -0.15) is 0 Å². The minimum atomic E-state index is -0.854. The number of aryl methyl sites for hydroxylation is 2. The number of benzene rings is 1. The summed E-state index contributed by atoms with van der Waals surface area (Å²) in [7, 11) is 0. The van der Waals surface area contributed by atoms with Gasteiger partial charge in [-0.05, 0) is 37.3 Å². The number of carbonyl (C=O) groups is 1. The third kappa shape index (κ3) is 2.04. The van der Waals surface area contributed by atoms with Crippen LogP contribution in [0.4, 0.5) is 0 Å². The Kier molecular flexibility index (Phi) is 2.98. The van der Waals surface area contributed by atoms with E-state index in [9.17, 15) is 4.79 Å². The van der Waals surface area contributed by atoms with Crippen LogP contribution in [-0.2, 0) is 0 Å². The van der Waals surface area contributed by atoms with E-state index in [0.29, 0.717) is 5.56 Å². The Bertz CT molecular complexity index is 345. The number of carboxylic acids is 1. The van der Waals surface area contributed by atoms with Crippen molar-refractivity contribution in [3.05, 3.63) is 28.8 Å². The van der Waals surface area contributed by atoms with E-state index in [1.807, 2.05) is 26.2 Å². The monoisotopic (exact) mass is 196 g/mol. The topological polar surface area (TPSA) is 37.3 Å². The fourth-order valence-corrected chi connectivity index (χ4v) is 1.90. The first-order valence-electron chi connectivity index (χ1n) is 3.94. The van der Waals surface area contributed by atoms with Crippen molar-refractivity contribution in [2.75, 3.05) is 6.26 Å². The van der Waals surface area contributed by atoms with Crippen molar-refractivity contribution < 1.29 is 9.90 Å². The van der Waals surface area contributed by atoms with Gasteiger partial charge in [-0.1, -0.05) is 6.07 Å². The lowest BCUT2D eigenvalue weighted by Gasteiger charge is -2.06. The molecule has 1 aromatic carbocycles. The van der Waals surface area contributed by atoms with Crippen molar-refractivity contribution in [1.82, 2.24) is 0 Å². The Balaban J connectivity index is 3.30. The van der Waals surface area contributed by atoms with Gasteiger partial charge in [0.1, 0.15) is 0 Å². The van der Waals surface area contributed by atoms with Gasteiger partial charge in [-0.3, -0.25) is 0 Å². The fourth-order valence-electron chi connectivity index (χ4n) is 1.28. The van der Waals surface area contributed by atoms with Crippen LogP contribution in [-0.4, -0.2) is 17.3 Å². The molecular weight excluding hydrogens is 184 g/mol. The summed E-state index contributed by atoms with van der Waals surface area (Å²) in [5, 5.41) is 8.87. The Morgan fingerprint density at radius 3 is 2.38 bits per heavy atom. The van der Waals surface area contributed by atoms with Crippen LogP contribution in [0.2, 0.25) is 0 Å². The van der Waals surface area contributed by atoms with E-state index < -0.39 is 5.97 Å². The number of hydrogen-bond acceptors (Lipinski definition) is 2. The van der Waals surface area contributed by atoms with E-state index >= 15 is 0 Å². The van der Waals surface area contributed by atoms with Gasteiger partial charge in [0.2, 0.25) is 0 Å². The predicted molar refractivity (Wildman–Crippen MR) is 54.7 cm³/mol. The van der Waals surface area contributed by atoms with Crippen molar-refractivity contribution in [1.29, 1.82) is 0 Å². The van der Waals surface area contributed by atoms with Gasteiger partial charge in [0, 0.05) is 4.90 Å². The minimum Gasteiger partial charge on any atom is -0.478 e. The molecule has 0 spiro atoms. The first-order valence-corrected chi connectivity index (χ1v) is 5.17. The molecule has 0 bridgehead atoms. The van der Waals surface area contributed by atoms with Gasteiger partial charge in [0.05, 0.1) is 5.56 Å². The maximum Gasteiger partial charge on any atom is 0.335 e. The third-order valence-electron chi connectivity index (χ3n) is 1.97. The number of rotatable bonds is 2. The molecular formula is C10H12O2S. The number of thioether (sulfide) groups is 1. The summed E-state index contributed by atoms with van der Waals surface area (Å²) in [6.45, 7) is 3.81. The summed E-state index contributed by atoms with van der Waals surface area (Å²) in [5.41, 5.74) is 2.35. The van der Waals surface area contributed by atoms with Crippen molar-refractivity contribution in [3.63, 3.8) is 0 Å². The second-order valence-corrected chi connectivity index (χ2v) is 3.79. The largest absolute Gasteiger partial charge is 0.478 e. The van der Waals surface area contributed by atoms with Crippen LogP contribution < -0.4 is 0 Å². The number of carboxylic acid groups (broad SMARTS) is 1. The van der Waals surface area contributed by atoms with E-state index in [4.69, 9.17) is 5.11 Å². The Labute approximate surface area is 82.0 Å². The summed E-state index contributed by atoms with van der Waals surface area (Å²) < 4.78 is 0. The molecule has 1 rings (SSSR count). The molecule has 0 aliphatic carbocycles. The summed E-state index contributed by atoms with van der Waals surface area (Å²) in [6.07, 6.45) is 1.95. The standard InChI is InChI=1S/C10H12O2S/c1-6-4-7(2)9(13-3)5-8(6)10(11)12/h4-5H,1-3H3,(H,11,12). The van der Waals surface area contributed by atoms with Crippen molar-refractivity contribution in [2.24, 2.45) is 0 Å². The Hall–Kier alpha value is -0.960. The molecule has 0 amide bonds. The maximum absolute atomic E-state index is 10.8. The van der Waals surface area contributed by atoms with Gasteiger partial charge in [0.25, 0.3) is 0 Å². The van der Waals surface area contributed by atoms with Gasteiger partial charge < -0.3 is 5.11 Å². The molecule has 0 heterocycles. The molecule has 70 valence electrons. The zero-order chi connectivity index (χ0) is 10.0. The molecule has 1 aromatic rings. The SMILES string of the molecule is CSc1cc(C(=O)O)c(C)cc1C. The van der Waals surface area contributed by atoms with Crippen molar-refractivity contribution in [3.8, 4) is 0 Å². The lowest BCUT2D eigenvalue weighted by Crippen LogP contribution is -2.00. The summed E-state index contributed by atoms with van der Waals surface area (Å²) >= 11 is 1.57. The lowest BCUT2D eigenvalue weighted by molar-refractivity contribution is 0.0696. The first-order chi connectivity index (χ1) is 6.06. The van der Waals surface area contributed by atoms with Gasteiger partial charge >= 0.3 is 5.97 Å². The highest BCUT2D eigenvalue weighted by Crippen LogP contribution is 2.23. The Morgan fingerprint density at radius 2 is 1.92 bits per heavy atom. The fraction of sp³-hybridized carbons (Fsp3) is 0.300. The van der Waals surface area contributed by atoms with Crippen LogP contribution in [0.25, 0.3) is 0 Å². The zero-order valence-electron chi connectivity index (χ0n) is 7.92. The van der Waals surface area contributed by atoms with E-state index in [0.717, 1.165) is 16.0 Å². The highest BCUT2D eigenvalue weighted by molar-refractivity contribution is 7.98. The van der Waals surface area contributed by atoms with Crippen molar-refractivity contribution in [2.45, 2.75) is 18.7 Å². The normalized spacial score (nSPS) is 10.1. The number of aromatic carboxylic acids is 1. The molecule has 0 aliphatic rings. The first kappa shape index (κ1) is 10.1. The maximum atomic E-state index is 10.8. The van der Waals surface area contributed by atoms with Crippen LogP contribution >= 0.6 is 11.8 Å². The number of hydrogen-bond donors (Lipinski definition) is 1. The highest BCUT2D eigenvalue weighted by Gasteiger charge is 2.09. The average molecular weight is 196 g/mol. The Morgan fingerprint density at radius 1 is 1.31 bits per heavy atom. The van der Waals surface area contributed by atoms with Crippen LogP contribution in [0.3, 0.4) is 0 Å². The molecule has 0 aliphatic heterocycles. The van der Waals surface area contributed by atoms with Crippen LogP contribution in [0, 0.1) is 13.8 Å². The molecule has 0 aromatic heterocycles. The minimum absolute atomic E-state index is 0.398. The van der Waals surface area contributed by atoms with Gasteiger partial charge in [-0.15, -0.1) is 11.8 Å². The van der Waals surface area contributed by atoms with E-state index in [2.05, 4.69) is 0 Å². The van der Waals surface area contributed by atoms with Crippen LogP contribution in [0.5, 0.6) is 0 Å². The third-order valence-corrected chi connectivity index (χ3v) is 2.85. The van der Waals surface area contributed by atoms with Gasteiger partial charge in [-0.25, -0.2) is 4.79 Å². The second kappa shape index (κ2) is 3.83. The lowest BCUT2D eigenvalue weighted by atomic mass is 10.1. The molecule has 13 heavy (non-hydrogen) atoms. The van der Waals surface area contributed by atoms with Crippen LogP contribution in [0.15, 0.2) is 17.0 Å². The molecule has 0 unspecified atom stereocenters. The second-order valence-electron chi connectivity index (χ2n) is 2.94. The summed E-state index contributed by atoms with van der Waals surface area (Å²) in [4.78, 5) is 11.8. The molecule has 0 saturated carbocycles. The summed E-state index contributed by atoms with van der Waals surface area (Å²) in [5.74, 6) is -0.854. The van der Waals surface area contributed by atoms with Crippen molar-refractivity contribution >= 4 is 17.7 Å². The molecule has 0 saturated heterocycles. The van der Waals surface area contributed by atoms with Crippen LogP contribution in [0.1, 0.15) is 21.5 Å². The molecule has 0 radical (unpaired) electrons. The average Bonchev–Trinajstić information content (AvgIpc) is 2.03. The zero-order valence-corrected chi connectivity index (χ0v) is 8.73.